The van der Waals surface area contributed by atoms with Gasteiger partial charge in [0.2, 0.25) is 10.0 Å². The average molecular weight is 319 g/mol. The van der Waals surface area contributed by atoms with Crippen LogP contribution in [0.2, 0.25) is 0 Å². The largest absolute Gasteiger partial charge is 0.310 e. The molecule has 5 nitrogen and oxygen atoms in total. The van der Waals surface area contributed by atoms with Gasteiger partial charge >= 0.3 is 0 Å². The van der Waals surface area contributed by atoms with Crippen molar-refractivity contribution in [3.8, 4) is 0 Å². The summed E-state index contributed by atoms with van der Waals surface area (Å²) >= 11 is 1.27. The predicted octanol–water partition coefficient (Wildman–Crippen LogP) is 1.48. The van der Waals surface area contributed by atoms with Gasteiger partial charge in [-0.05, 0) is 44.1 Å². The van der Waals surface area contributed by atoms with Crippen LogP contribution in [0.25, 0.3) is 0 Å². The molecule has 0 radical (unpaired) electrons. The molecule has 0 bridgehead atoms. The summed E-state index contributed by atoms with van der Waals surface area (Å²) in [5, 5.41) is 5.17. The first-order valence-corrected chi connectivity index (χ1v) is 9.12. The van der Waals surface area contributed by atoms with Gasteiger partial charge in [0, 0.05) is 19.1 Å². The van der Waals surface area contributed by atoms with Gasteiger partial charge in [-0.2, -0.15) is 0 Å². The van der Waals surface area contributed by atoms with E-state index in [0.717, 1.165) is 18.5 Å². The fourth-order valence-electron chi connectivity index (χ4n) is 1.58. The lowest BCUT2D eigenvalue weighted by Crippen LogP contribution is -2.26. The summed E-state index contributed by atoms with van der Waals surface area (Å²) in [4.78, 5) is 2.04. The first-order valence-electron chi connectivity index (χ1n) is 6.76. The molecular formula is C13H25N3O2S2. The first-order chi connectivity index (χ1) is 9.31. The number of nitrogens with one attached hydrogen (secondary N) is 2. The van der Waals surface area contributed by atoms with Crippen LogP contribution < -0.4 is 10.0 Å². The van der Waals surface area contributed by atoms with Gasteiger partial charge in [0.25, 0.3) is 0 Å². The maximum Gasteiger partial charge on any atom is 0.250 e. The summed E-state index contributed by atoms with van der Waals surface area (Å²) in [5.41, 5.74) is 1.01. The minimum Gasteiger partial charge on any atom is -0.310 e. The van der Waals surface area contributed by atoms with Crippen molar-refractivity contribution in [2.45, 2.75) is 37.1 Å². The van der Waals surface area contributed by atoms with E-state index >= 15 is 0 Å². The smallest absolute Gasteiger partial charge is 0.250 e. The molecule has 2 N–H and O–H groups in total. The van der Waals surface area contributed by atoms with Gasteiger partial charge < -0.3 is 10.2 Å². The fraction of sp³-hybridized carbons (Fsp3) is 0.692. The van der Waals surface area contributed by atoms with E-state index in [0.29, 0.717) is 23.3 Å². The Morgan fingerprint density at radius 1 is 1.35 bits per heavy atom. The van der Waals surface area contributed by atoms with Gasteiger partial charge in [-0.15, -0.1) is 11.3 Å². The van der Waals surface area contributed by atoms with Crippen molar-refractivity contribution >= 4 is 21.4 Å². The third-order valence-corrected chi connectivity index (χ3v) is 5.63. The number of hydrogen-bond acceptors (Lipinski definition) is 5. The van der Waals surface area contributed by atoms with Gasteiger partial charge in [0.1, 0.15) is 4.21 Å². The Labute approximate surface area is 126 Å². The molecule has 0 saturated carbocycles. The maximum atomic E-state index is 12.1. The molecule has 0 aliphatic rings. The predicted molar refractivity (Wildman–Crippen MR) is 84.7 cm³/mol. The molecule has 0 amide bonds. The van der Waals surface area contributed by atoms with Crippen molar-refractivity contribution in [2.24, 2.45) is 0 Å². The highest BCUT2D eigenvalue weighted by Crippen LogP contribution is 2.20. The van der Waals surface area contributed by atoms with Crippen LogP contribution in [-0.4, -0.2) is 46.5 Å². The number of rotatable bonds is 9. The summed E-state index contributed by atoms with van der Waals surface area (Å²) in [5.74, 6) is 0. The molecule has 7 heteroatoms. The molecule has 0 aliphatic heterocycles. The SMILES string of the molecule is CC(C)NCc1csc(S(=O)(=O)NCCCN(C)C)c1. The Balaban J connectivity index is 2.51. The van der Waals surface area contributed by atoms with Gasteiger partial charge in [-0.1, -0.05) is 13.8 Å². The second-order valence-electron chi connectivity index (χ2n) is 5.36. The Morgan fingerprint density at radius 2 is 2.05 bits per heavy atom. The Hall–Kier alpha value is -0.470. The molecule has 1 aromatic rings. The highest BCUT2D eigenvalue weighted by molar-refractivity contribution is 7.91. The molecule has 1 rings (SSSR count). The van der Waals surface area contributed by atoms with Crippen molar-refractivity contribution < 1.29 is 8.42 Å². The zero-order valence-corrected chi connectivity index (χ0v) is 14.3. The van der Waals surface area contributed by atoms with Crippen molar-refractivity contribution in [1.82, 2.24) is 14.9 Å². The van der Waals surface area contributed by atoms with Crippen LogP contribution in [-0.2, 0) is 16.6 Å². The van der Waals surface area contributed by atoms with Crippen LogP contribution in [0.5, 0.6) is 0 Å². The van der Waals surface area contributed by atoms with Gasteiger partial charge in [0.05, 0.1) is 0 Å². The minimum atomic E-state index is -3.35. The lowest BCUT2D eigenvalue weighted by Gasteiger charge is -2.09. The molecular weight excluding hydrogens is 294 g/mol. The molecule has 0 spiro atoms. The van der Waals surface area contributed by atoms with E-state index in [1.165, 1.54) is 11.3 Å². The van der Waals surface area contributed by atoms with E-state index in [2.05, 4.69) is 23.9 Å². The number of hydrogen-bond donors (Lipinski definition) is 2. The lowest BCUT2D eigenvalue weighted by molar-refractivity contribution is 0.400. The number of thiophene rings is 1. The van der Waals surface area contributed by atoms with Crippen molar-refractivity contribution in [3.63, 3.8) is 0 Å². The molecule has 0 atom stereocenters. The second-order valence-corrected chi connectivity index (χ2v) is 8.27. The van der Waals surface area contributed by atoms with Crippen LogP contribution in [0, 0.1) is 0 Å². The molecule has 0 fully saturated rings. The topological polar surface area (TPSA) is 61.4 Å². The van der Waals surface area contributed by atoms with Gasteiger partial charge in [0.15, 0.2) is 0 Å². The van der Waals surface area contributed by atoms with Crippen molar-refractivity contribution in [2.75, 3.05) is 27.2 Å². The molecule has 1 aromatic heterocycles. The molecule has 0 aliphatic carbocycles. The highest BCUT2D eigenvalue weighted by atomic mass is 32.2. The average Bonchev–Trinajstić information content (AvgIpc) is 2.81. The minimum absolute atomic E-state index is 0.388. The summed E-state index contributed by atoms with van der Waals surface area (Å²) in [6, 6.07) is 2.13. The molecule has 0 aromatic carbocycles. The third-order valence-electron chi connectivity index (χ3n) is 2.68. The summed E-state index contributed by atoms with van der Waals surface area (Å²) in [6.45, 7) is 6.17. The summed E-state index contributed by atoms with van der Waals surface area (Å²) < 4.78 is 27.2. The summed E-state index contributed by atoms with van der Waals surface area (Å²) in [6.07, 6.45) is 0.805. The Bertz CT molecular complexity index is 495. The van der Waals surface area contributed by atoms with E-state index in [1.807, 2.05) is 24.4 Å². The number of sulfonamides is 1. The van der Waals surface area contributed by atoms with E-state index in [-0.39, 0.29) is 0 Å². The second kappa shape index (κ2) is 8.09. The van der Waals surface area contributed by atoms with Crippen LogP contribution in [0.15, 0.2) is 15.7 Å². The van der Waals surface area contributed by atoms with Gasteiger partial charge in [-0.3, -0.25) is 0 Å². The van der Waals surface area contributed by atoms with Gasteiger partial charge in [-0.25, -0.2) is 13.1 Å². The molecule has 116 valence electrons. The lowest BCUT2D eigenvalue weighted by atomic mass is 10.3. The fourth-order valence-corrected chi connectivity index (χ4v) is 3.91. The Morgan fingerprint density at radius 3 is 2.65 bits per heavy atom. The summed E-state index contributed by atoms with van der Waals surface area (Å²) in [7, 11) is 0.594. The van der Waals surface area contributed by atoms with E-state index in [1.54, 1.807) is 6.07 Å². The van der Waals surface area contributed by atoms with Crippen molar-refractivity contribution in [1.29, 1.82) is 0 Å². The highest BCUT2D eigenvalue weighted by Gasteiger charge is 2.16. The van der Waals surface area contributed by atoms with E-state index < -0.39 is 10.0 Å². The molecule has 1 heterocycles. The first kappa shape index (κ1) is 17.6. The zero-order chi connectivity index (χ0) is 15.2. The van der Waals surface area contributed by atoms with Crippen LogP contribution in [0.1, 0.15) is 25.8 Å². The van der Waals surface area contributed by atoms with Crippen LogP contribution in [0.3, 0.4) is 0 Å². The third kappa shape index (κ3) is 6.32. The van der Waals surface area contributed by atoms with E-state index in [9.17, 15) is 8.42 Å². The van der Waals surface area contributed by atoms with E-state index in [4.69, 9.17) is 0 Å². The van der Waals surface area contributed by atoms with Crippen LogP contribution >= 0.6 is 11.3 Å². The molecule has 0 saturated heterocycles. The molecule has 0 unspecified atom stereocenters. The van der Waals surface area contributed by atoms with Crippen LogP contribution in [0.4, 0.5) is 0 Å². The maximum absolute atomic E-state index is 12.1. The number of nitrogens with zero attached hydrogens (tertiary/aromatic N) is 1. The molecule has 20 heavy (non-hydrogen) atoms. The normalized spacial score (nSPS) is 12.5. The van der Waals surface area contributed by atoms with Crippen molar-refractivity contribution in [3.05, 3.63) is 17.0 Å². The monoisotopic (exact) mass is 319 g/mol. The zero-order valence-electron chi connectivity index (χ0n) is 12.6. The standard InChI is InChI=1S/C13H25N3O2S2/c1-11(2)14-9-12-8-13(19-10-12)20(17,18)15-6-5-7-16(3)4/h8,10-11,14-15H,5-7,9H2,1-4H3. The Kier molecular flexibility index (Phi) is 7.11. The quantitative estimate of drug-likeness (QED) is 0.677.